The van der Waals surface area contributed by atoms with Crippen LogP contribution in [0.25, 0.3) is 0 Å². The topological polar surface area (TPSA) is 95.1 Å². The number of benzene rings is 2. The van der Waals surface area contributed by atoms with E-state index in [-0.39, 0.29) is 38.1 Å². The van der Waals surface area contributed by atoms with Gasteiger partial charge in [-0.25, -0.2) is 25.6 Å². The number of rotatable bonds is 4. The molecule has 0 aromatic heterocycles. The summed E-state index contributed by atoms with van der Waals surface area (Å²) in [4.78, 5) is 13.8. The lowest BCUT2D eigenvalue weighted by molar-refractivity contribution is 0.0697. The van der Waals surface area contributed by atoms with Crippen LogP contribution in [0.15, 0.2) is 41.3 Å². The van der Waals surface area contributed by atoms with Gasteiger partial charge < -0.3 is 4.90 Å². The van der Waals surface area contributed by atoms with Crippen LogP contribution in [0.4, 0.5) is 14.5 Å². The van der Waals surface area contributed by atoms with Crippen LogP contribution in [0.3, 0.4) is 0 Å². The predicted molar refractivity (Wildman–Crippen MR) is 118 cm³/mol. The average molecular weight is 500 g/mol. The third kappa shape index (κ3) is 4.34. The minimum absolute atomic E-state index is 0.0616. The molecule has 1 amide bonds. The zero-order chi connectivity index (χ0) is 24.1. The molecular weight excluding hydrogens is 476 g/mol. The van der Waals surface area contributed by atoms with Gasteiger partial charge in [0.25, 0.3) is 5.91 Å². The van der Waals surface area contributed by atoms with Gasteiger partial charge in [0.2, 0.25) is 20.0 Å². The first-order chi connectivity index (χ1) is 15.4. The van der Waals surface area contributed by atoms with Crippen molar-refractivity contribution in [3.8, 4) is 0 Å². The maximum Gasteiger partial charge on any atom is 0.253 e. The molecule has 0 N–H and O–H groups in total. The van der Waals surface area contributed by atoms with Crippen LogP contribution in [-0.2, 0) is 26.5 Å². The lowest BCUT2D eigenvalue weighted by atomic mass is 10.1. The third-order valence-electron chi connectivity index (χ3n) is 5.87. The molecule has 2 aromatic rings. The molecule has 0 saturated carbocycles. The number of fused-ring (bicyclic) bond motifs is 1. The molecule has 0 bridgehead atoms. The molecule has 1 fully saturated rings. The Labute approximate surface area is 191 Å². The van der Waals surface area contributed by atoms with E-state index in [0.717, 1.165) is 28.3 Å². The van der Waals surface area contributed by atoms with Crippen LogP contribution in [0.1, 0.15) is 22.8 Å². The van der Waals surface area contributed by atoms with Gasteiger partial charge in [-0.3, -0.25) is 9.10 Å². The molecule has 4 rings (SSSR count). The molecule has 178 valence electrons. The summed E-state index contributed by atoms with van der Waals surface area (Å²) in [5.74, 6) is -2.20. The van der Waals surface area contributed by atoms with E-state index in [9.17, 15) is 30.4 Å². The van der Waals surface area contributed by atoms with E-state index in [4.69, 9.17) is 0 Å². The first-order valence-electron chi connectivity index (χ1n) is 10.3. The zero-order valence-electron chi connectivity index (χ0n) is 18.0. The molecule has 0 aliphatic carbocycles. The van der Waals surface area contributed by atoms with Crippen molar-refractivity contribution < 1.29 is 30.4 Å². The second-order valence-electron chi connectivity index (χ2n) is 8.23. The molecule has 2 aromatic carbocycles. The largest absolute Gasteiger partial charge is 0.336 e. The zero-order valence-corrected chi connectivity index (χ0v) is 19.7. The maximum atomic E-state index is 14.0. The number of sulfonamides is 2. The number of carbonyl (C=O) groups excluding carboxylic acids is 1. The fourth-order valence-corrected chi connectivity index (χ4v) is 7.13. The van der Waals surface area contributed by atoms with E-state index < -0.39 is 36.6 Å². The summed E-state index contributed by atoms with van der Waals surface area (Å²) in [7, 11) is -7.69. The second kappa shape index (κ2) is 8.33. The normalized spacial score (nSPS) is 19.6. The van der Waals surface area contributed by atoms with Crippen molar-refractivity contribution in [3.63, 3.8) is 0 Å². The molecular formula is C21H23F2N3O5S2. The monoisotopic (exact) mass is 499 g/mol. The van der Waals surface area contributed by atoms with Gasteiger partial charge in [0.05, 0.1) is 11.9 Å². The maximum absolute atomic E-state index is 14.0. The third-order valence-corrected chi connectivity index (χ3v) is 9.06. The van der Waals surface area contributed by atoms with Crippen molar-refractivity contribution in [2.75, 3.05) is 36.7 Å². The number of nitrogens with zero attached hydrogens (tertiary/aromatic N) is 3. The molecule has 1 unspecified atom stereocenters. The molecule has 0 spiro atoms. The summed E-state index contributed by atoms with van der Waals surface area (Å²) in [6.45, 7) is 1.83. The lowest BCUT2D eigenvalue weighted by Crippen LogP contribution is -2.50. The van der Waals surface area contributed by atoms with E-state index in [1.165, 1.54) is 9.21 Å². The van der Waals surface area contributed by atoms with E-state index in [0.29, 0.717) is 23.7 Å². The Bertz CT molecular complexity index is 1320. The molecule has 2 aliphatic rings. The van der Waals surface area contributed by atoms with Crippen LogP contribution >= 0.6 is 0 Å². The first-order valence-corrected chi connectivity index (χ1v) is 13.6. The number of piperazine rings is 1. The van der Waals surface area contributed by atoms with Crippen molar-refractivity contribution in [2.45, 2.75) is 24.3 Å². The van der Waals surface area contributed by atoms with Crippen molar-refractivity contribution in [1.82, 2.24) is 9.21 Å². The quantitative estimate of drug-likeness (QED) is 0.640. The van der Waals surface area contributed by atoms with Crippen molar-refractivity contribution >= 4 is 31.6 Å². The molecule has 2 heterocycles. The molecule has 1 saturated heterocycles. The minimum Gasteiger partial charge on any atom is -0.336 e. The van der Waals surface area contributed by atoms with Crippen LogP contribution < -0.4 is 4.31 Å². The highest BCUT2D eigenvalue weighted by atomic mass is 32.2. The summed E-state index contributed by atoms with van der Waals surface area (Å²) >= 11 is 0. The molecule has 0 radical (unpaired) electrons. The number of anilines is 1. The van der Waals surface area contributed by atoms with Gasteiger partial charge in [-0.05, 0) is 55.3 Å². The molecule has 1 atom stereocenters. The Morgan fingerprint density at radius 3 is 2.27 bits per heavy atom. The van der Waals surface area contributed by atoms with E-state index in [2.05, 4.69) is 0 Å². The SMILES string of the molecule is CC1Cc2cc(C(=O)N3CCN(S(=O)(=O)c4cc(F)ccc4F)CC3)ccc2N1S(C)(=O)=O. The first kappa shape index (κ1) is 23.6. The second-order valence-corrected chi connectivity index (χ2v) is 12.0. The van der Waals surface area contributed by atoms with Gasteiger partial charge in [0.1, 0.15) is 16.5 Å². The summed E-state index contributed by atoms with van der Waals surface area (Å²) in [5.41, 5.74) is 1.68. The number of hydrogen-bond acceptors (Lipinski definition) is 5. The van der Waals surface area contributed by atoms with Crippen LogP contribution in [0.5, 0.6) is 0 Å². The van der Waals surface area contributed by atoms with Crippen LogP contribution in [0, 0.1) is 11.6 Å². The summed E-state index contributed by atoms with van der Waals surface area (Å²) in [5, 5.41) is 0. The van der Waals surface area contributed by atoms with Crippen molar-refractivity contribution in [3.05, 3.63) is 59.2 Å². The fraction of sp³-hybridized carbons (Fsp3) is 0.381. The Balaban J connectivity index is 1.49. The highest BCUT2D eigenvalue weighted by Gasteiger charge is 2.35. The van der Waals surface area contributed by atoms with Gasteiger partial charge in [-0.2, -0.15) is 4.31 Å². The Hall–Kier alpha value is -2.57. The smallest absolute Gasteiger partial charge is 0.253 e. The van der Waals surface area contributed by atoms with Gasteiger partial charge in [0.15, 0.2) is 0 Å². The molecule has 12 heteroatoms. The highest BCUT2D eigenvalue weighted by molar-refractivity contribution is 7.92. The van der Waals surface area contributed by atoms with E-state index in [1.807, 2.05) is 0 Å². The standard InChI is InChI=1S/C21H23F2N3O5S2/c1-14-11-16-12-15(3-6-19(16)26(14)32(2,28)29)21(27)24-7-9-25(10-8-24)33(30,31)20-13-17(22)4-5-18(20)23/h3-6,12-14H,7-11H2,1-2H3. The predicted octanol–water partition coefficient (Wildman–Crippen LogP) is 1.82. The average Bonchev–Trinajstić information content (AvgIpc) is 3.10. The summed E-state index contributed by atoms with van der Waals surface area (Å²) < 4.78 is 79.5. The lowest BCUT2D eigenvalue weighted by Gasteiger charge is -2.34. The molecule has 33 heavy (non-hydrogen) atoms. The Kier molecular flexibility index (Phi) is 5.95. The molecule has 2 aliphatic heterocycles. The minimum atomic E-state index is -4.25. The number of halogens is 2. The van der Waals surface area contributed by atoms with Crippen LogP contribution in [-0.4, -0.2) is 70.4 Å². The Morgan fingerprint density at radius 1 is 0.970 bits per heavy atom. The highest BCUT2D eigenvalue weighted by Crippen LogP contribution is 2.35. The number of hydrogen-bond donors (Lipinski definition) is 0. The Morgan fingerprint density at radius 2 is 1.64 bits per heavy atom. The van der Waals surface area contributed by atoms with E-state index >= 15 is 0 Å². The van der Waals surface area contributed by atoms with Gasteiger partial charge >= 0.3 is 0 Å². The van der Waals surface area contributed by atoms with Gasteiger partial charge in [-0.15, -0.1) is 0 Å². The number of amides is 1. The van der Waals surface area contributed by atoms with Crippen molar-refractivity contribution in [2.24, 2.45) is 0 Å². The van der Waals surface area contributed by atoms with Gasteiger partial charge in [-0.1, -0.05) is 0 Å². The van der Waals surface area contributed by atoms with Gasteiger partial charge in [0, 0.05) is 37.8 Å². The summed E-state index contributed by atoms with van der Waals surface area (Å²) in [6.07, 6.45) is 1.62. The molecule has 8 nitrogen and oxygen atoms in total. The van der Waals surface area contributed by atoms with E-state index in [1.54, 1.807) is 25.1 Å². The van der Waals surface area contributed by atoms with Crippen molar-refractivity contribution in [1.29, 1.82) is 0 Å². The van der Waals surface area contributed by atoms with Crippen LogP contribution in [0.2, 0.25) is 0 Å². The fourth-order valence-electron chi connectivity index (χ4n) is 4.37. The number of carbonyl (C=O) groups is 1. The summed E-state index contributed by atoms with van der Waals surface area (Å²) in [6, 6.07) is 6.85.